The Hall–Kier alpha value is -6.34. The number of hydrogen-bond donors (Lipinski definition) is 0. The lowest BCUT2D eigenvalue weighted by Gasteiger charge is -2.19. The van der Waals surface area contributed by atoms with Crippen LogP contribution in [0.1, 0.15) is 11.3 Å². The van der Waals surface area contributed by atoms with Gasteiger partial charge in [0, 0.05) is 28.5 Å². The van der Waals surface area contributed by atoms with Crippen molar-refractivity contribution in [1.29, 1.82) is 0 Å². The molecule has 0 bridgehead atoms. The predicted octanol–water partition coefficient (Wildman–Crippen LogP) is 10.4. The van der Waals surface area contributed by atoms with Crippen LogP contribution < -0.4 is 14.2 Å². The van der Waals surface area contributed by atoms with Gasteiger partial charge in [-0.15, -0.1) is 0 Å². The minimum Gasteiger partial charge on any atom is -0.497 e. The van der Waals surface area contributed by atoms with E-state index in [1.54, 1.807) is 20.3 Å². The molecule has 7 aromatic rings. The van der Waals surface area contributed by atoms with Gasteiger partial charge in [-0.3, -0.25) is 0 Å². The SMILES string of the molecule is COC(=O)COc1c(-c2ccc(OC)cc2)cc(-c2ccc(-c3c(Cc4ccccc4)oc4ccc(F)cc34)cc2)cc1-c1ccc(OC)cc1. The zero-order chi connectivity index (χ0) is 35.3. The minimum atomic E-state index is -0.491. The van der Waals surface area contributed by atoms with Crippen LogP contribution in [0.4, 0.5) is 4.39 Å². The van der Waals surface area contributed by atoms with Gasteiger partial charge in [-0.25, -0.2) is 9.18 Å². The summed E-state index contributed by atoms with van der Waals surface area (Å²) in [5, 5.41) is 0.726. The quantitative estimate of drug-likeness (QED) is 0.127. The highest BCUT2D eigenvalue weighted by atomic mass is 19.1. The van der Waals surface area contributed by atoms with Crippen molar-refractivity contribution in [2.45, 2.75) is 6.42 Å². The van der Waals surface area contributed by atoms with E-state index in [0.29, 0.717) is 17.8 Å². The van der Waals surface area contributed by atoms with Gasteiger partial charge in [0.2, 0.25) is 0 Å². The number of ether oxygens (including phenoxy) is 4. The van der Waals surface area contributed by atoms with Gasteiger partial charge in [0.1, 0.15) is 34.4 Å². The Kier molecular flexibility index (Phi) is 9.52. The van der Waals surface area contributed by atoms with Gasteiger partial charge in [-0.2, -0.15) is 0 Å². The topological polar surface area (TPSA) is 67.1 Å². The van der Waals surface area contributed by atoms with Crippen LogP contribution in [0.25, 0.3) is 55.5 Å². The summed E-state index contributed by atoms with van der Waals surface area (Å²) in [6.07, 6.45) is 0.567. The molecular weight excluding hydrogens is 643 g/mol. The fourth-order valence-electron chi connectivity index (χ4n) is 6.28. The molecule has 0 aliphatic rings. The molecule has 0 unspecified atom stereocenters. The van der Waals surface area contributed by atoms with E-state index in [-0.39, 0.29) is 12.4 Å². The lowest BCUT2D eigenvalue weighted by Crippen LogP contribution is -2.13. The van der Waals surface area contributed by atoms with Crippen molar-refractivity contribution in [1.82, 2.24) is 0 Å². The summed E-state index contributed by atoms with van der Waals surface area (Å²) in [5.41, 5.74) is 8.72. The van der Waals surface area contributed by atoms with Gasteiger partial charge < -0.3 is 23.4 Å². The van der Waals surface area contributed by atoms with E-state index in [4.69, 9.17) is 23.4 Å². The highest BCUT2D eigenvalue weighted by Crippen LogP contribution is 2.44. The third-order valence-corrected chi connectivity index (χ3v) is 8.89. The van der Waals surface area contributed by atoms with Crippen LogP contribution in [0.15, 0.2) is 138 Å². The van der Waals surface area contributed by atoms with Crippen LogP contribution in [0.2, 0.25) is 0 Å². The predicted molar refractivity (Wildman–Crippen MR) is 198 cm³/mol. The average molecular weight is 679 g/mol. The molecule has 1 heterocycles. The number of carbonyl (C=O) groups excluding carboxylic acids is 1. The number of benzene rings is 6. The molecule has 0 aliphatic heterocycles. The molecule has 51 heavy (non-hydrogen) atoms. The van der Waals surface area contributed by atoms with Crippen molar-refractivity contribution in [3.8, 4) is 61.8 Å². The van der Waals surface area contributed by atoms with Crippen LogP contribution in [0.5, 0.6) is 17.2 Å². The average Bonchev–Trinajstić information content (AvgIpc) is 3.53. The fraction of sp³-hybridized carbons (Fsp3) is 0.114. The second-order valence-electron chi connectivity index (χ2n) is 12.0. The molecule has 6 nitrogen and oxygen atoms in total. The highest BCUT2D eigenvalue weighted by molar-refractivity contribution is 5.96. The molecule has 0 fully saturated rings. The summed E-state index contributed by atoms with van der Waals surface area (Å²) in [7, 11) is 4.58. The Labute approximate surface area is 295 Å². The molecule has 1 aromatic heterocycles. The number of furan rings is 1. The molecule has 0 saturated heterocycles. The van der Waals surface area contributed by atoms with Crippen LogP contribution in [0, 0.1) is 5.82 Å². The molecule has 7 rings (SSSR count). The van der Waals surface area contributed by atoms with Crippen molar-refractivity contribution in [3.63, 3.8) is 0 Å². The molecule has 0 spiro atoms. The van der Waals surface area contributed by atoms with Crippen molar-refractivity contribution in [2.24, 2.45) is 0 Å². The standard InChI is InChI=1S/C44H35FO6/c1-47-35-18-13-30(14-19-35)37-24-33(25-38(44(37)50-27-42(46)49-3)31-15-20-36(48-2)21-16-31)29-9-11-32(12-10-29)43-39-26-34(45)17-22-40(39)51-41(43)23-28-7-5-4-6-8-28/h4-22,24-26H,23,27H2,1-3H3. The maximum Gasteiger partial charge on any atom is 0.343 e. The van der Waals surface area contributed by atoms with E-state index in [1.165, 1.54) is 19.2 Å². The van der Waals surface area contributed by atoms with Gasteiger partial charge >= 0.3 is 5.97 Å². The minimum absolute atomic E-state index is 0.262. The summed E-state index contributed by atoms with van der Waals surface area (Å²) < 4.78 is 42.9. The van der Waals surface area contributed by atoms with Crippen LogP contribution in [-0.4, -0.2) is 33.9 Å². The first-order valence-corrected chi connectivity index (χ1v) is 16.5. The Balaban J connectivity index is 1.37. The smallest absolute Gasteiger partial charge is 0.343 e. The van der Waals surface area contributed by atoms with E-state index in [0.717, 1.165) is 72.7 Å². The Morgan fingerprint density at radius 1 is 0.627 bits per heavy atom. The van der Waals surface area contributed by atoms with Crippen molar-refractivity contribution < 1.29 is 32.5 Å². The zero-order valence-corrected chi connectivity index (χ0v) is 28.4. The molecule has 6 aromatic carbocycles. The number of rotatable bonds is 11. The maximum absolute atomic E-state index is 14.6. The summed E-state index contributed by atoms with van der Waals surface area (Å²) >= 11 is 0. The van der Waals surface area contributed by atoms with Gasteiger partial charge in [-0.1, -0.05) is 78.9 Å². The number of esters is 1. The monoisotopic (exact) mass is 678 g/mol. The van der Waals surface area contributed by atoms with Gasteiger partial charge in [0.15, 0.2) is 6.61 Å². The third kappa shape index (κ3) is 7.05. The molecule has 0 N–H and O–H groups in total. The normalized spacial score (nSPS) is 11.0. The van der Waals surface area contributed by atoms with E-state index in [1.807, 2.05) is 78.9 Å². The third-order valence-electron chi connectivity index (χ3n) is 8.89. The van der Waals surface area contributed by atoms with Crippen LogP contribution in [-0.2, 0) is 16.0 Å². The lowest BCUT2D eigenvalue weighted by molar-refractivity contribution is -0.142. The van der Waals surface area contributed by atoms with Gasteiger partial charge in [-0.05, 0) is 88.0 Å². The lowest BCUT2D eigenvalue weighted by atomic mass is 9.91. The molecule has 0 atom stereocenters. The molecule has 7 heteroatoms. The summed E-state index contributed by atoms with van der Waals surface area (Å²) in [5.74, 6) is 1.93. The Bertz CT molecular complexity index is 2220. The summed E-state index contributed by atoms with van der Waals surface area (Å²) in [4.78, 5) is 12.3. The van der Waals surface area contributed by atoms with Crippen molar-refractivity contribution in [3.05, 3.63) is 151 Å². The van der Waals surface area contributed by atoms with Crippen LogP contribution in [0.3, 0.4) is 0 Å². The first-order valence-electron chi connectivity index (χ1n) is 16.5. The summed E-state index contributed by atoms with van der Waals surface area (Å²) in [6, 6.07) is 42.4. The van der Waals surface area contributed by atoms with Crippen LogP contribution >= 0.6 is 0 Å². The zero-order valence-electron chi connectivity index (χ0n) is 28.4. The molecule has 254 valence electrons. The first-order chi connectivity index (χ1) is 24.9. The van der Waals surface area contributed by atoms with E-state index < -0.39 is 5.97 Å². The second-order valence-corrected chi connectivity index (χ2v) is 12.0. The first kappa shape index (κ1) is 33.2. The fourth-order valence-corrected chi connectivity index (χ4v) is 6.28. The molecule has 0 radical (unpaired) electrons. The number of halogens is 1. The molecule has 0 amide bonds. The maximum atomic E-state index is 14.6. The summed E-state index contributed by atoms with van der Waals surface area (Å²) in [6.45, 7) is -0.262. The number of hydrogen-bond acceptors (Lipinski definition) is 6. The molecular formula is C44H35FO6. The van der Waals surface area contributed by atoms with E-state index in [9.17, 15) is 9.18 Å². The second kappa shape index (κ2) is 14.6. The Morgan fingerprint density at radius 3 is 1.76 bits per heavy atom. The highest BCUT2D eigenvalue weighted by Gasteiger charge is 2.20. The van der Waals surface area contributed by atoms with E-state index >= 15 is 0 Å². The number of fused-ring (bicyclic) bond motifs is 1. The largest absolute Gasteiger partial charge is 0.497 e. The van der Waals surface area contributed by atoms with Gasteiger partial charge in [0.25, 0.3) is 0 Å². The Morgan fingerprint density at radius 2 is 1.20 bits per heavy atom. The number of carbonyl (C=O) groups is 1. The van der Waals surface area contributed by atoms with E-state index in [2.05, 4.69) is 36.4 Å². The molecule has 0 aliphatic carbocycles. The van der Waals surface area contributed by atoms with Crippen molar-refractivity contribution in [2.75, 3.05) is 27.9 Å². The number of methoxy groups -OCH3 is 3. The molecule has 0 saturated carbocycles. The van der Waals surface area contributed by atoms with Crippen molar-refractivity contribution >= 4 is 16.9 Å². The van der Waals surface area contributed by atoms with Gasteiger partial charge in [0.05, 0.1) is 21.3 Å².